The zero-order valence-corrected chi connectivity index (χ0v) is 16.4. The van der Waals surface area contributed by atoms with E-state index in [9.17, 15) is 4.79 Å². The van der Waals surface area contributed by atoms with E-state index in [4.69, 9.17) is 4.74 Å². The maximum Gasteiger partial charge on any atom is 0.303 e. The summed E-state index contributed by atoms with van der Waals surface area (Å²) in [6.45, 7) is 19.2. The van der Waals surface area contributed by atoms with Crippen molar-refractivity contribution in [1.82, 2.24) is 0 Å². The van der Waals surface area contributed by atoms with E-state index >= 15 is 0 Å². The molecule has 0 aliphatic heterocycles. The van der Waals surface area contributed by atoms with Crippen molar-refractivity contribution in [2.24, 2.45) is 22.7 Å². The molecule has 0 N–H and O–H groups in total. The van der Waals surface area contributed by atoms with Gasteiger partial charge in [-0.15, -0.1) is 0 Å². The van der Waals surface area contributed by atoms with Gasteiger partial charge >= 0.3 is 5.97 Å². The van der Waals surface area contributed by atoms with Crippen molar-refractivity contribution in [2.75, 3.05) is 0 Å². The Morgan fingerprint density at radius 1 is 1.38 bits per heavy atom. The molecule has 0 radical (unpaired) electrons. The minimum absolute atomic E-state index is 0.234. The Morgan fingerprint density at radius 2 is 2.04 bits per heavy atom. The van der Waals surface area contributed by atoms with Crippen molar-refractivity contribution in [3.63, 3.8) is 0 Å². The van der Waals surface area contributed by atoms with E-state index in [0.717, 1.165) is 25.2 Å². The minimum atomic E-state index is -0.570. The lowest BCUT2D eigenvalue weighted by Gasteiger charge is -2.58. The molecule has 24 heavy (non-hydrogen) atoms. The lowest BCUT2D eigenvalue weighted by atomic mass is 9.47. The second-order valence-electron chi connectivity index (χ2n) is 9.30. The van der Waals surface area contributed by atoms with Gasteiger partial charge in [-0.1, -0.05) is 45.9 Å². The van der Waals surface area contributed by atoms with Crippen molar-refractivity contribution >= 4 is 5.97 Å². The molecule has 4 atom stereocenters. The molecule has 2 nitrogen and oxygen atoms in total. The predicted molar refractivity (Wildman–Crippen MR) is 101 cm³/mol. The first-order chi connectivity index (χ1) is 11.0. The third-order valence-electron chi connectivity index (χ3n) is 7.06. The Bertz CT molecular complexity index is 518. The second-order valence-corrected chi connectivity index (χ2v) is 9.30. The Hall–Kier alpha value is -1.05. The van der Waals surface area contributed by atoms with Crippen LogP contribution in [0.2, 0.25) is 0 Å². The van der Waals surface area contributed by atoms with E-state index in [2.05, 4.69) is 33.9 Å². The number of fused-ring (bicyclic) bond motifs is 1. The van der Waals surface area contributed by atoms with Gasteiger partial charge in [0.1, 0.15) is 5.60 Å². The van der Waals surface area contributed by atoms with E-state index in [1.807, 2.05) is 6.92 Å². The number of allylic oxidation sites excluding steroid dienone is 1. The highest BCUT2D eigenvalue weighted by Gasteiger charge is 2.52. The molecule has 0 aromatic carbocycles. The van der Waals surface area contributed by atoms with E-state index in [-0.39, 0.29) is 5.97 Å². The summed E-state index contributed by atoms with van der Waals surface area (Å²) < 4.78 is 5.54. The average Bonchev–Trinajstić information content (AvgIpc) is 2.44. The van der Waals surface area contributed by atoms with Crippen LogP contribution in [0.1, 0.15) is 79.6 Å². The molecule has 0 spiro atoms. The monoisotopic (exact) mass is 332 g/mol. The van der Waals surface area contributed by atoms with E-state index in [1.165, 1.54) is 38.2 Å². The van der Waals surface area contributed by atoms with Gasteiger partial charge in [0.25, 0.3) is 0 Å². The number of carbonyl (C=O) groups excluding carboxylic acids is 1. The summed E-state index contributed by atoms with van der Waals surface area (Å²) in [4.78, 5) is 11.4. The maximum absolute atomic E-state index is 11.4. The highest BCUT2D eigenvalue weighted by molar-refractivity contribution is 5.66. The highest BCUT2D eigenvalue weighted by atomic mass is 16.6. The predicted octanol–water partition coefficient (Wildman–Crippen LogP) is 6.07. The molecule has 2 aliphatic carbocycles. The van der Waals surface area contributed by atoms with Crippen LogP contribution in [0.5, 0.6) is 0 Å². The zero-order valence-electron chi connectivity index (χ0n) is 16.4. The molecule has 2 saturated carbocycles. The summed E-state index contributed by atoms with van der Waals surface area (Å²) in [5.74, 6) is 1.05. The number of esters is 1. The number of carbonyl (C=O) groups is 1. The van der Waals surface area contributed by atoms with Crippen molar-refractivity contribution in [1.29, 1.82) is 0 Å². The van der Waals surface area contributed by atoms with Gasteiger partial charge in [0.2, 0.25) is 0 Å². The average molecular weight is 333 g/mol. The van der Waals surface area contributed by atoms with Crippen molar-refractivity contribution < 1.29 is 9.53 Å². The molecule has 2 heteroatoms. The van der Waals surface area contributed by atoms with Gasteiger partial charge in [-0.05, 0) is 74.2 Å². The lowest BCUT2D eigenvalue weighted by molar-refractivity contribution is -0.152. The molecular weight excluding hydrogens is 296 g/mol. The van der Waals surface area contributed by atoms with E-state index in [1.54, 1.807) is 6.08 Å². The normalized spacial score (nSPS) is 34.8. The lowest BCUT2D eigenvalue weighted by Crippen LogP contribution is -2.49. The van der Waals surface area contributed by atoms with Gasteiger partial charge in [-0.25, -0.2) is 0 Å². The zero-order chi connectivity index (χ0) is 18.2. The van der Waals surface area contributed by atoms with Crippen LogP contribution in [0.15, 0.2) is 24.8 Å². The summed E-state index contributed by atoms with van der Waals surface area (Å²) >= 11 is 0. The van der Waals surface area contributed by atoms with E-state index < -0.39 is 5.60 Å². The molecule has 0 bridgehead atoms. The summed E-state index contributed by atoms with van der Waals surface area (Å²) in [6, 6.07) is 0. The largest absolute Gasteiger partial charge is 0.455 e. The fourth-order valence-electron chi connectivity index (χ4n) is 5.76. The number of ether oxygens (including phenoxy) is 1. The smallest absolute Gasteiger partial charge is 0.303 e. The third-order valence-corrected chi connectivity index (χ3v) is 7.06. The number of hydrogen-bond donors (Lipinski definition) is 0. The maximum atomic E-state index is 11.4. The molecule has 2 rings (SSSR count). The van der Waals surface area contributed by atoms with Crippen LogP contribution in [-0.4, -0.2) is 11.6 Å². The van der Waals surface area contributed by atoms with Gasteiger partial charge in [0.15, 0.2) is 0 Å². The molecule has 136 valence electrons. The summed E-state index contributed by atoms with van der Waals surface area (Å²) in [7, 11) is 0. The van der Waals surface area contributed by atoms with Gasteiger partial charge in [0.05, 0.1) is 0 Å². The quantitative estimate of drug-likeness (QED) is 0.451. The highest BCUT2D eigenvalue weighted by Crippen LogP contribution is 2.61. The number of rotatable bonds is 5. The molecular formula is C22H36O2. The topological polar surface area (TPSA) is 26.3 Å². The Kier molecular flexibility index (Phi) is 5.37. The SMILES string of the molecule is C=C[C@@](C)(CC[C@H]1C(=C)CC[C@H]2C(C)(C)CCC[C@]12C)OC(C)=O. The summed E-state index contributed by atoms with van der Waals surface area (Å²) in [5.41, 5.74) is 1.58. The first-order valence-electron chi connectivity index (χ1n) is 9.55. The molecule has 0 aromatic rings. The van der Waals surface area contributed by atoms with Crippen molar-refractivity contribution in [3.8, 4) is 0 Å². The molecule has 0 heterocycles. The molecule has 0 amide bonds. The van der Waals surface area contributed by atoms with Crippen LogP contribution in [0, 0.1) is 22.7 Å². The Labute approximate surface area is 148 Å². The van der Waals surface area contributed by atoms with Gasteiger partial charge in [0, 0.05) is 6.92 Å². The van der Waals surface area contributed by atoms with Crippen LogP contribution in [0.25, 0.3) is 0 Å². The van der Waals surface area contributed by atoms with Crippen LogP contribution in [0.4, 0.5) is 0 Å². The Morgan fingerprint density at radius 3 is 2.62 bits per heavy atom. The van der Waals surface area contributed by atoms with Crippen LogP contribution >= 0.6 is 0 Å². The summed E-state index contributed by atoms with van der Waals surface area (Å²) in [5, 5.41) is 0. The first-order valence-corrected chi connectivity index (χ1v) is 9.55. The molecule has 2 fully saturated rings. The summed E-state index contributed by atoms with van der Waals surface area (Å²) in [6.07, 6.45) is 10.00. The third kappa shape index (κ3) is 3.63. The van der Waals surface area contributed by atoms with Crippen LogP contribution in [-0.2, 0) is 9.53 Å². The van der Waals surface area contributed by atoms with Crippen LogP contribution < -0.4 is 0 Å². The molecule has 0 unspecified atom stereocenters. The van der Waals surface area contributed by atoms with E-state index in [0.29, 0.717) is 16.7 Å². The number of hydrogen-bond acceptors (Lipinski definition) is 2. The molecule has 0 aromatic heterocycles. The minimum Gasteiger partial charge on any atom is -0.455 e. The Balaban J connectivity index is 2.19. The standard InChI is InChI=1S/C22H36O2/c1-8-21(6,24-17(3)23)15-12-18-16(2)10-11-19-20(4,5)13-9-14-22(18,19)7/h8,18-19H,1-2,9-15H2,3-7H3/t18-,19-,21-,22+/m0/s1. The van der Waals surface area contributed by atoms with Gasteiger partial charge in [-0.2, -0.15) is 0 Å². The van der Waals surface area contributed by atoms with Gasteiger partial charge in [-0.3, -0.25) is 4.79 Å². The fraction of sp³-hybridized carbons (Fsp3) is 0.773. The van der Waals surface area contributed by atoms with Crippen LogP contribution in [0.3, 0.4) is 0 Å². The van der Waals surface area contributed by atoms with Gasteiger partial charge < -0.3 is 4.74 Å². The molecule has 0 saturated heterocycles. The second kappa shape index (κ2) is 6.69. The van der Waals surface area contributed by atoms with Crippen molar-refractivity contribution in [2.45, 2.75) is 85.2 Å². The molecule has 2 aliphatic rings. The fourth-order valence-corrected chi connectivity index (χ4v) is 5.76. The van der Waals surface area contributed by atoms with Crippen molar-refractivity contribution in [3.05, 3.63) is 24.8 Å². The first kappa shape index (κ1) is 19.3.